The molecule has 1 saturated heterocycles. The topological polar surface area (TPSA) is 23.6 Å². The second-order valence-corrected chi connectivity index (χ2v) is 4.10. The molecule has 0 aromatic carbocycles. The predicted molar refractivity (Wildman–Crippen MR) is 44.1 cm³/mol. The Morgan fingerprint density at radius 3 is 2.09 bits per heavy atom. The molecule has 0 aliphatic carbocycles. The molecule has 0 atom stereocenters. The van der Waals surface area contributed by atoms with Crippen molar-refractivity contribution in [2.24, 2.45) is 0 Å². The minimum Gasteiger partial charge on any atom is -0.332 e. The lowest BCUT2D eigenvalue weighted by molar-refractivity contribution is -0.125. The van der Waals surface area contributed by atoms with Gasteiger partial charge in [0, 0.05) is 12.6 Å². The highest BCUT2D eigenvalue weighted by Gasteiger charge is 2.31. The molecule has 0 unspecified atom stereocenters. The Morgan fingerprint density at radius 2 is 1.91 bits per heavy atom. The van der Waals surface area contributed by atoms with Gasteiger partial charge in [-0.3, -0.25) is 9.69 Å². The van der Waals surface area contributed by atoms with Crippen LogP contribution in [0.1, 0.15) is 20.8 Å². The predicted octanol–water partition coefficient (Wildman–Crippen LogP) is 0.516. The number of hydrogen-bond acceptors (Lipinski definition) is 2. The van der Waals surface area contributed by atoms with Crippen molar-refractivity contribution in [3.05, 3.63) is 0 Å². The fourth-order valence-electron chi connectivity index (χ4n) is 1.12. The Morgan fingerprint density at radius 1 is 1.36 bits per heavy atom. The lowest BCUT2D eigenvalue weighted by atomic mass is 10.1. The van der Waals surface area contributed by atoms with Crippen LogP contribution in [0.2, 0.25) is 0 Å². The first-order chi connectivity index (χ1) is 4.91. The lowest BCUT2D eigenvalue weighted by Gasteiger charge is -2.30. The molecule has 3 heteroatoms. The van der Waals surface area contributed by atoms with Crippen LogP contribution in [-0.2, 0) is 4.79 Å². The molecule has 0 aromatic heterocycles. The fourth-order valence-corrected chi connectivity index (χ4v) is 1.12. The van der Waals surface area contributed by atoms with Crippen molar-refractivity contribution in [2.45, 2.75) is 26.3 Å². The summed E-state index contributed by atoms with van der Waals surface area (Å²) in [6, 6.07) is 0. The van der Waals surface area contributed by atoms with Crippen LogP contribution in [0.4, 0.5) is 0 Å². The minimum absolute atomic E-state index is 0.112. The van der Waals surface area contributed by atoms with Crippen molar-refractivity contribution in [1.82, 2.24) is 9.80 Å². The van der Waals surface area contributed by atoms with E-state index < -0.39 is 0 Å². The SMILES string of the molecule is CN1CN(C(C)(C)C)CC1=O. The molecule has 1 aliphatic rings. The van der Waals surface area contributed by atoms with Crippen LogP contribution in [-0.4, -0.2) is 41.5 Å². The van der Waals surface area contributed by atoms with Crippen LogP contribution in [0.3, 0.4) is 0 Å². The Kier molecular flexibility index (Phi) is 1.92. The zero-order valence-corrected chi connectivity index (χ0v) is 7.72. The molecule has 1 fully saturated rings. The largest absolute Gasteiger partial charge is 0.332 e. The fraction of sp³-hybridized carbons (Fsp3) is 0.875. The van der Waals surface area contributed by atoms with Crippen LogP contribution in [0.5, 0.6) is 0 Å². The van der Waals surface area contributed by atoms with Gasteiger partial charge in [-0.1, -0.05) is 0 Å². The standard InChI is InChI=1S/C8H16N2O/c1-8(2,3)10-5-7(11)9(4)6-10/h5-6H2,1-4H3. The molecule has 64 valence electrons. The normalized spacial score (nSPS) is 21.5. The smallest absolute Gasteiger partial charge is 0.237 e. The van der Waals surface area contributed by atoms with E-state index in [1.165, 1.54) is 0 Å². The third kappa shape index (κ3) is 1.71. The van der Waals surface area contributed by atoms with Gasteiger partial charge in [0.15, 0.2) is 0 Å². The highest BCUT2D eigenvalue weighted by molar-refractivity contribution is 5.79. The van der Waals surface area contributed by atoms with E-state index >= 15 is 0 Å². The van der Waals surface area contributed by atoms with Gasteiger partial charge in [0.1, 0.15) is 0 Å². The molecule has 0 N–H and O–H groups in total. The molecule has 0 radical (unpaired) electrons. The molecule has 1 aliphatic heterocycles. The molecule has 0 bridgehead atoms. The van der Waals surface area contributed by atoms with E-state index in [-0.39, 0.29) is 11.4 Å². The maximum Gasteiger partial charge on any atom is 0.237 e. The molecule has 1 heterocycles. The molecule has 0 saturated carbocycles. The van der Waals surface area contributed by atoms with Gasteiger partial charge in [0.25, 0.3) is 0 Å². The Labute approximate surface area is 68.0 Å². The monoisotopic (exact) mass is 156 g/mol. The number of likely N-dealkylation sites (N-methyl/N-ethyl adjacent to an activating group) is 1. The first-order valence-corrected chi connectivity index (χ1v) is 3.90. The molecule has 11 heavy (non-hydrogen) atoms. The van der Waals surface area contributed by atoms with Gasteiger partial charge in [-0.15, -0.1) is 0 Å². The van der Waals surface area contributed by atoms with Crippen LogP contribution >= 0.6 is 0 Å². The molecular weight excluding hydrogens is 140 g/mol. The average molecular weight is 156 g/mol. The van der Waals surface area contributed by atoms with Gasteiger partial charge in [-0.2, -0.15) is 0 Å². The third-order valence-electron chi connectivity index (χ3n) is 2.08. The highest BCUT2D eigenvalue weighted by Crippen LogP contribution is 2.17. The van der Waals surface area contributed by atoms with Gasteiger partial charge in [0.2, 0.25) is 5.91 Å². The highest BCUT2D eigenvalue weighted by atomic mass is 16.2. The molecule has 0 aromatic rings. The number of carbonyl (C=O) groups is 1. The molecular formula is C8H16N2O. The van der Waals surface area contributed by atoms with E-state index in [1.807, 2.05) is 7.05 Å². The first-order valence-electron chi connectivity index (χ1n) is 3.90. The first kappa shape index (κ1) is 8.53. The van der Waals surface area contributed by atoms with Gasteiger partial charge in [0.05, 0.1) is 13.2 Å². The lowest BCUT2D eigenvalue weighted by Crippen LogP contribution is -2.40. The maximum absolute atomic E-state index is 11.1. The molecule has 0 spiro atoms. The summed E-state index contributed by atoms with van der Waals surface area (Å²) in [7, 11) is 1.84. The van der Waals surface area contributed by atoms with E-state index in [0.717, 1.165) is 6.67 Å². The summed E-state index contributed by atoms with van der Waals surface area (Å²) in [5.41, 5.74) is 0.112. The zero-order valence-electron chi connectivity index (χ0n) is 7.72. The van der Waals surface area contributed by atoms with Crippen molar-refractivity contribution >= 4 is 5.91 Å². The molecule has 1 rings (SSSR count). The van der Waals surface area contributed by atoms with Gasteiger partial charge >= 0.3 is 0 Å². The summed E-state index contributed by atoms with van der Waals surface area (Å²) in [6.07, 6.45) is 0. The van der Waals surface area contributed by atoms with E-state index in [4.69, 9.17) is 0 Å². The average Bonchev–Trinajstić information content (AvgIpc) is 2.11. The summed E-state index contributed by atoms with van der Waals surface area (Å²) >= 11 is 0. The summed E-state index contributed by atoms with van der Waals surface area (Å²) < 4.78 is 0. The van der Waals surface area contributed by atoms with Crippen molar-refractivity contribution in [3.63, 3.8) is 0 Å². The number of nitrogens with zero attached hydrogens (tertiary/aromatic N) is 2. The van der Waals surface area contributed by atoms with Gasteiger partial charge in [-0.05, 0) is 20.8 Å². The summed E-state index contributed by atoms with van der Waals surface area (Å²) in [5, 5.41) is 0. The van der Waals surface area contributed by atoms with E-state index in [1.54, 1.807) is 4.90 Å². The molecule has 3 nitrogen and oxygen atoms in total. The zero-order chi connectivity index (χ0) is 8.65. The van der Waals surface area contributed by atoms with Crippen molar-refractivity contribution in [2.75, 3.05) is 20.3 Å². The van der Waals surface area contributed by atoms with E-state index in [0.29, 0.717) is 6.54 Å². The maximum atomic E-state index is 11.1. The number of rotatable bonds is 0. The van der Waals surface area contributed by atoms with E-state index in [2.05, 4.69) is 25.7 Å². The number of carbonyl (C=O) groups excluding carboxylic acids is 1. The number of hydrogen-bond donors (Lipinski definition) is 0. The van der Waals surface area contributed by atoms with Crippen LogP contribution in [0.25, 0.3) is 0 Å². The summed E-state index contributed by atoms with van der Waals surface area (Å²) in [5.74, 6) is 0.222. The van der Waals surface area contributed by atoms with Crippen LogP contribution in [0.15, 0.2) is 0 Å². The second kappa shape index (κ2) is 2.48. The summed E-state index contributed by atoms with van der Waals surface area (Å²) in [6.45, 7) is 7.71. The van der Waals surface area contributed by atoms with Gasteiger partial charge in [-0.25, -0.2) is 0 Å². The quantitative estimate of drug-likeness (QED) is 0.510. The Hall–Kier alpha value is -0.570. The number of amides is 1. The Bertz CT molecular complexity index is 171. The summed E-state index contributed by atoms with van der Waals surface area (Å²) in [4.78, 5) is 15.0. The van der Waals surface area contributed by atoms with Crippen LogP contribution in [0, 0.1) is 0 Å². The van der Waals surface area contributed by atoms with Crippen LogP contribution < -0.4 is 0 Å². The van der Waals surface area contributed by atoms with Crippen molar-refractivity contribution in [3.8, 4) is 0 Å². The van der Waals surface area contributed by atoms with Crippen molar-refractivity contribution in [1.29, 1.82) is 0 Å². The Balaban J connectivity index is 2.61. The van der Waals surface area contributed by atoms with Gasteiger partial charge < -0.3 is 4.90 Å². The molecule has 1 amide bonds. The van der Waals surface area contributed by atoms with Crippen molar-refractivity contribution < 1.29 is 4.79 Å². The van der Waals surface area contributed by atoms with E-state index in [9.17, 15) is 4.79 Å². The minimum atomic E-state index is 0.112. The third-order valence-corrected chi connectivity index (χ3v) is 2.08. The second-order valence-electron chi connectivity index (χ2n) is 4.10.